The molecule has 104 valence electrons. The molecule has 0 aromatic heterocycles. The summed E-state index contributed by atoms with van der Waals surface area (Å²) in [6.45, 7) is 3.01. The summed E-state index contributed by atoms with van der Waals surface area (Å²) in [5.74, 6) is -0.0727. The molecule has 1 rings (SSSR count). The van der Waals surface area contributed by atoms with Gasteiger partial charge in [-0.2, -0.15) is 0 Å². The van der Waals surface area contributed by atoms with Crippen LogP contribution in [-0.2, 0) is 4.79 Å². The maximum absolute atomic E-state index is 11.4. The van der Waals surface area contributed by atoms with Gasteiger partial charge in [0.2, 0.25) is 0 Å². The van der Waals surface area contributed by atoms with E-state index in [4.69, 9.17) is 10.2 Å². The van der Waals surface area contributed by atoms with Crippen molar-refractivity contribution in [3.8, 4) is 0 Å². The summed E-state index contributed by atoms with van der Waals surface area (Å²) in [6, 6.07) is -0.299. The molecule has 0 spiro atoms. The van der Waals surface area contributed by atoms with E-state index >= 15 is 0 Å². The van der Waals surface area contributed by atoms with Gasteiger partial charge in [0.1, 0.15) is 0 Å². The van der Waals surface area contributed by atoms with Crippen molar-refractivity contribution in [2.24, 2.45) is 11.8 Å². The normalized spacial score (nSPS) is 24.6. The van der Waals surface area contributed by atoms with Gasteiger partial charge in [-0.15, -0.1) is 0 Å². The minimum Gasteiger partial charge on any atom is -0.479 e. The first-order valence-corrected chi connectivity index (χ1v) is 6.43. The van der Waals surface area contributed by atoms with E-state index in [9.17, 15) is 9.59 Å². The molecule has 0 aromatic carbocycles. The second-order valence-corrected chi connectivity index (χ2v) is 4.95. The summed E-state index contributed by atoms with van der Waals surface area (Å²) in [5.41, 5.74) is 0. The fraction of sp³-hybridized carbons (Fsp3) is 0.833. The molecule has 1 aliphatic carbocycles. The molecule has 1 aliphatic rings. The average Bonchev–Trinajstić information content (AvgIpc) is 2.72. The van der Waals surface area contributed by atoms with Crippen molar-refractivity contribution in [1.29, 1.82) is 0 Å². The van der Waals surface area contributed by atoms with Crippen LogP contribution in [0.1, 0.15) is 32.6 Å². The zero-order chi connectivity index (χ0) is 13.5. The first-order valence-electron chi connectivity index (χ1n) is 6.43. The summed E-state index contributed by atoms with van der Waals surface area (Å²) in [7, 11) is 0. The van der Waals surface area contributed by atoms with Crippen LogP contribution < -0.4 is 10.6 Å². The molecule has 1 saturated carbocycles. The van der Waals surface area contributed by atoms with Crippen molar-refractivity contribution >= 4 is 12.0 Å². The SMILES string of the molecule is CC1CCCC1CNC(=O)NCCC(O)C(=O)O. The van der Waals surface area contributed by atoms with Gasteiger partial charge in [0.15, 0.2) is 6.10 Å². The molecule has 4 N–H and O–H groups in total. The Morgan fingerprint density at radius 1 is 1.33 bits per heavy atom. The van der Waals surface area contributed by atoms with E-state index in [0.29, 0.717) is 18.4 Å². The maximum Gasteiger partial charge on any atom is 0.332 e. The van der Waals surface area contributed by atoms with Crippen LogP contribution >= 0.6 is 0 Å². The van der Waals surface area contributed by atoms with Crippen molar-refractivity contribution in [3.63, 3.8) is 0 Å². The quantitative estimate of drug-likeness (QED) is 0.559. The van der Waals surface area contributed by atoms with Gasteiger partial charge in [-0.1, -0.05) is 19.8 Å². The number of carboxylic acid groups (broad SMARTS) is 1. The Kier molecular flexibility index (Phi) is 5.91. The number of hydrogen-bond acceptors (Lipinski definition) is 3. The van der Waals surface area contributed by atoms with Crippen LogP contribution in [0.3, 0.4) is 0 Å². The molecule has 0 aromatic rings. The molecule has 0 bridgehead atoms. The van der Waals surface area contributed by atoms with E-state index < -0.39 is 12.1 Å². The summed E-state index contributed by atoms with van der Waals surface area (Å²) in [4.78, 5) is 21.7. The highest BCUT2D eigenvalue weighted by molar-refractivity contribution is 5.74. The standard InChI is InChI=1S/C12H22N2O4/c1-8-3-2-4-9(8)7-14-12(18)13-6-5-10(15)11(16)17/h8-10,15H,2-7H2,1H3,(H,16,17)(H2,13,14,18). The maximum atomic E-state index is 11.4. The third kappa shape index (κ3) is 4.91. The van der Waals surface area contributed by atoms with E-state index in [1.807, 2.05) is 0 Å². The predicted octanol–water partition coefficient (Wildman–Crippen LogP) is 0.557. The Bertz CT molecular complexity index is 296. The van der Waals surface area contributed by atoms with Crippen molar-refractivity contribution in [3.05, 3.63) is 0 Å². The molecule has 6 nitrogen and oxygen atoms in total. The molecule has 0 heterocycles. The number of carbonyl (C=O) groups is 2. The van der Waals surface area contributed by atoms with Gasteiger partial charge < -0.3 is 20.8 Å². The predicted molar refractivity (Wildman–Crippen MR) is 66.2 cm³/mol. The Morgan fingerprint density at radius 2 is 2.06 bits per heavy atom. The average molecular weight is 258 g/mol. The number of aliphatic hydroxyl groups excluding tert-OH is 1. The molecule has 0 aliphatic heterocycles. The lowest BCUT2D eigenvalue weighted by atomic mass is 9.98. The van der Waals surface area contributed by atoms with Crippen molar-refractivity contribution in [1.82, 2.24) is 10.6 Å². The molecular weight excluding hydrogens is 236 g/mol. The number of hydrogen-bond donors (Lipinski definition) is 4. The largest absolute Gasteiger partial charge is 0.479 e. The Balaban J connectivity index is 2.08. The molecule has 6 heteroatoms. The van der Waals surface area contributed by atoms with Gasteiger partial charge in [0.05, 0.1) is 0 Å². The van der Waals surface area contributed by atoms with Gasteiger partial charge in [-0.05, 0) is 18.3 Å². The van der Waals surface area contributed by atoms with Crippen LogP contribution in [0, 0.1) is 11.8 Å². The first-order chi connectivity index (χ1) is 8.50. The van der Waals surface area contributed by atoms with Crippen LogP contribution in [0.15, 0.2) is 0 Å². The molecular formula is C12H22N2O4. The number of amides is 2. The van der Waals surface area contributed by atoms with Gasteiger partial charge in [-0.25, -0.2) is 9.59 Å². The highest BCUT2D eigenvalue weighted by Gasteiger charge is 2.23. The summed E-state index contributed by atoms with van der Waals surface area (Å²) in [6.07, 6.45) is 2.20. The minimum atomic E-state index is -1.42. The van der Waals surface area contributed by atoms with Gasteiger partial charge in [-0.3, -0.25) is 0 Å². The Morgan fingerprint density at radius 3 is 2.61 bits per heavy atom. The van der Waals surface area contributed by atoms with Crippen LogP contribution in [0.4, 0.5) is 4.79 Å². The van der Waals surface area contributed by atoms with Crippen molar-refractivity contribution < 1.29 is 19.8 Å². The number of carboxylic acids is 1. The van der Waals surface area contributed by atoms with Crippen LogP contribution in [0.5, 0.6) is 0 Å². The third-order valence-electron chi connectivity index (χ3n) is 3.55. The zero-order valence-electron chi connectivity index (χ0n) is 10.7. The second kappa shape index (κ2) is 7.20. The zero-order valence-corrected chi connectivity index (χ0v) is 10.7. The summed E-state index contributed by atoms with van der Waals surface area (Å²) >= 11 is 0. The number of rotatable bonds is 6. The number of carbonyl (C=O) groups excluding carboxylic acids is 1. The van der Waals surface area contributed by atoms with E-state index in [0.717, 1.165) is 6.42 Å². The number of aliphatic carboxylic acids is 1. The van der Waals surface area contributed by atoms with Crippen molar-refractivity contribution in [2.75, 3.05) is 13.1 Å². The van der Waals surface area contributed by atoms with Crippen LogP contribution in [0.25, 0.3) is 0 Å². The van der Waals surface area contributed by atoms with Gasteiger partial charge in [0.25, 0.3) is 0 Å². The molecule has 3 atom stereocenters. The Labute approximate surface area is 107 Å². The molecule has 1 fully saturated rings. The lowest BCUT2D eigenvalue weighted by molar-refractivity contribution is -0.146. The van der Waals surface area contributed by atoms with Gasteiger partial charge >= 0.3 is 12.0 Å². The molecule has 3 unspecified atom stereocenters. The number of urea groups is 1. The summed E-state index contributed by atoms with van der Waals surface area (Å²) < 4.78 is 0. The second-order valence-electron chi connectivity index (χ2n) is 4.95. The van der Waals surface area contributed by atoms with E-state index in [1.165, 1.54) is 12.8 Å². The lowest BCUT2D eigenvalue weighted by Gasteiger charge is -2.16. The lowest BCUT2D eigenvalue weighted by Crippen LogP contribution is -2.40. The van der Waals surface area contributed by atoms with Gasteiger partial charge in [0, 0.05) is 19.5 Å². The molecule has 0 saturated heterocycles. The molecule has 0 radical (unpaired) electrons. The number of nitrogens with one attached hydrogen (secondary N) is 2. The molecule has 18 heavy (non-hydrogen) atoms. The Hall–Kier alpha value is -1.30. The topological polar surface area (TPSA) is 98.7 Å². The third-order valence-corrected chi connectivity index (χ3v) is 3.55. The monoisotopic (exact) mass is 258 g/mol. The minimum absolute atomic E-state index is 0.0165. The number of aliphatic hydroxyl groups is 1. The van der Waals surface area contributed by atoms with E-state index in [2.05, 4.69) is 17.6 Å². The first kappa shape index (κ1) is 14.8. The fourth-order valence-corrected chi connectivity index (χ4v) is 2.26. The van der Waals surface area contributed by atoms with Crippen molar-refractivity contribution in [2.45, 2.75) is 38.7 Å². The fourth-order valence-electron chi connectivity index (χ4n) is 2.26. The van der Waals surface area contributed by atoms with Crippen LogP contribution in [0.2, 0.25) is 0 Å². The van der Waals surface area contributed by atoms with E-state index in [-0.39, 0.29) is 19.0 Å². The van der Waals surface area contributed by atoms with Crippen LogP contribution in [-0.4, -0.2) is 41.4 Å². The summed E-state index contributed by atoms with van der Waals surface area (Å²) in [5, 5.41) is 22.8. The highest BCUT2D eigenvalue weighted by Crippen LogP contribution is 2.30. The highest BCUT2D eigenvalue weighted by atomic mass is 16.4. The van der Waals surface area contributed by atoms with E-state index in [1.54, 1.807) is 0 Å². The molecule has 2 amide bonds. The smallest absolute Gasteiger partial charge is 0.332 e.